The molecule has 1 aliphatic carbocycles. The number of aromatic nitrogens is 2. The SMILES string of the molecule is CN1CC2(CCC(n3cc(Br)cn3)CC2)CC1=O. The molecule has 0 atom stereocenters. The smallest absolute Gasteiger partial charge is 0.222 e. The first-order valence-electron chi connectivity index (χ1n) is 6.52. The summed E-state index contributed by atoms with van der Waals surface area (Å²) in [5.74, 6) is 0.315. The van der Waals surface area contributed by atoms with Gasteiger partial charge in [0.25, 0.3) is 0 Å². The zero-order valence-corrected chi connectivity index (χ0v) is 12.2. The molecular formula is C13H18BrN3O. The van der Waals surface area contributed by atoms with Crippen LogP contribution in [0.5, 0.6) is 0 Å². The number of rotatable bonds is 1. The van der Waals surface area contributed by atoms with E-state index >= 15 is 0 Å². The van der Waals surface area contributed by atoms with Gasteiger partial charge in [-0.05, 0) is 47.0 Å². The molecule has 4 nitrogen and oxygen atoms in total. The van der Waals surface area contributed by atoms with E-state index in [9.17, 15) is 4.79 Å². The Kier molecular flexibility index (Phi) is 2.96. The van der Waals surface area contributed by atoms with Crippen molar-refractivity contribution in [3.05, 3.63) is 16.9 Å². The summed E-state index contributed by atoms with van der Waals surface area (Å²) in [5, 5.41) is 4.38. The molecule has 1 saturated heterocycles. The predicted octanol–water partition coefficient (Wildman–Crippen LogP) is 2.61. The van der Waals surface area contributed by atoms with E-state index in [0.29, 0.717) is 11.9 Å². The van der Waals surface area contributed by atoms with E-state index in [0.717, 1.165) is 43.1 Å². The molecule has 1 aromatic heterocycles. The molecule has 98 valence electrons. The molecule has 1 spiro atoms. The number of carbonyl (C=O) groups is 1. The fraction of sp³-hybridized carbons (Fsp3) is 0.692. The Bertz CT molecular complexity index is 463. The lowest BCUT2D eigenvalue weighted by Crippen LogP contribution is -2.31. The van der Waals surface area contributed by atoms with E-state index in [1.165, 1.54) is 0 Å². The zero-order chi connectivity index (χ0) is 12.8. The summed E-state index contributed by atoms with van der Waals surface area (Å²) in [6.07, 6.45) is 9.20. The van der Waals surface area contributed by atoms with Crippen LogP contribution in [0, 0.1) is 5.41 Å². The van der Waals surface area contributed by atoms with Crippen molar-refractivity contribution in [2.75, 3.05) is 13.6 Å². The summed E-state index contributed by atoms with van der Waals surface area (Å²) in [6.45, 7) is 0.946. The largest absolute Gasteiger partial charge is 0.345 e. The van der Waals surface area contributed by atoms with Gasteiger partial charge in [0.05, 0.1) is 16.7 Å². The molecule has 0 aromatic carbocycles. The number of hydrogen-bond acceptors (Lipinski definition) is 2. The van der Waals surface area contributed by atoms with Crippen LogP contribution in [0.3, 0.4) is 0 Å². The highest BCUT2D eigenvalue weighted by atomic mass is 79.9. The van der Waals surface area contributed by atoms with Crippen molar-refractivity contribution in [2.24, 2.45) is 5.41 Å². The van der Waals surface area contributed by atoms with Crippen molar-refractivity contribution < 1.29 is 4.79 Å². The Hall–Kier alpha value is -0.840. The maximum atomic E-state index is 11.7. The maximum absolute atomic E-state index is 11.7. The third kappa shape index (κ3) is 2.09. The van der Waals surface area contributed by atoms with Crippen LogP contribution in [0.15, 0.2) is 16.9 Å². The van der Waals surface area contributed by atoms with Crippen LogP contribution in [-0.2, 0) is 4.79 Å². The maximum Gasteiger partial charge on any atom is 0.222 e. The van der Waals surface area contributed by atoms with Gasteiger partial charge in [-0.15, -0.1) is 0 Å². The minimum atomic E-state index is 0.257. The highest BCUT2D eigenvalue weighted by Gasteiger charge is 2.44. The van der Waals surface area contributed by atoms with Crippen LogP contribution in [-0.4, -0.2) is 34.2 Å². The van der Waals surface area contributed by atoms with E-state index < -0.39 is 0 Å². The molecule has 2 heterocycles. The van der Waals surface area contributed by atoms with Crippen molar-refractivity contribution in [3.8, 4) is 0 Å². The zero-order valence-electron chi connectivity index (χ0n) is 10.6. The minimum Gasteiger partial charge on any atom is -0.345 e. The third-order valence-electron chi connectivity index (χ3n) is 4.48. The first-order chi connectivity index (χ1) is 8.58. The summed E-state index contributed by atoms with van der Waals surface area (Å²) in [4.78, 5) is 13.6. The Balaban J connectivity index is 1.67. The average Bonchev–Trinajstić information content (AvgIpc) is 2.86. The summed E-state index contributed by atoms with van der Waals surface area (Å²) in [5.41, 5.74) is 0.257. The molecule has 0 N–H and O–H groups in total. The second-order valence-electron chi connectivity index (χ2n) is 5.80. The van der Waals surface area contributed by atoms with Gasteiger partial charge in [-0.1, -0.05) is 0 Å². The molecule has 18 heavy (non-hydrogen) atoms. The van der Waals surface area contributed by atoms with Gasteiger partial charge in [-0.3, -0.25) is 9.48 Å². The Morgan fingerprint density at radius 3 is 2.67 bits per heavy atom. The van der Waals surface area contributed by atoms with Gasteiger partial charge in [0.2, 0.25) is 5.91 Å². The van der Waals surface area contributed by atoms with Crippen molar-refractivity contribution in [3.63, 3.8) is 0 Å². The molecule has 1 aromatic rings. The lowest BCUT2D eigenvalue weighted by molar-refractivity contribution is -0.126. The summed E-state index contributed by atoms with van der Waals surface area (Å²) >= 11 is 3.44. The lowest BCUT2D eigenvalue weighted by atomic mass is 9.72. The highest BCUT2D eigenvalue weighted by molar-refractivity contribution is 9.10. The molecule has 0 unspecified atom stereocenters. The number of amides is 1. The monoisotopic (exact) mass is 311 g/mol. The second-order valence-corrected chi connectivity index (χ2v) is 6.71. The number of halogens is 1. The van der Waals surface area contributed by atoms with Gasteiger partial charge < -0.3 is 4.90 Å². The predicted molar refractivity (Wildman–Crippen MR) is 72.1 cm³/mol. The van der Waals surface area contributed by atoms with Crippen LogP contribution in [0.25, 0.3) is 0 Å². The van der Waals surface area contributed by atoms with Crippen molar-refractivity contribution in [1.82, 2.24) is 14.7 Å². The molecule has 0 bridgehead atoms. The summed E-state index contributed by atoms with van der Waals surface area (Å²) in [7, 11) is 1.92. The van der Waals surface area contributed by atoms with Gasteiger partial charge in [0.15, 0.2) is 0 Å². The van der Waals surface area contributed by atoms with E-state index in [-0.39, 0.29) is 5.41 Å². The van der Waals surface area contributed by atoms with Crippen molar-refractivity contribution in [1.29, 1.82) is 0 Å². The van der Waals surface area contributed by atoms with Gasteiger partial charge in [0, 0.05) is 26.2 Å². The van der Waals surface area contributed by atoms with E-state index in [4.69, 9.17) is 0 Å². The van der Waals surface area contributed by atoms with E-state index in [2.05, 4.69) is 31.9 Å². The van der Waals surface area contributed by atoms with Crippen LogP contribution in [0.4, 0.5) is 0 Å². The molecule has 2 fully saturated rings. The van der Waals surface area contributed by atoms with Crippen LogP contribution >= 0.6 is 15.9 Å². The van der Waals surface area contributed by atoms with Crippen LogP contribution in [0.1, 0.15) is 38.1 Å². The fourth-order valence-electron chi connectivity index (χ4n) is 3.43. The molecular weight excluding hydrogens is 294 g/mol. The van der Waals surface area contributed by atoms with E-state index in [1.54, 1.807) is 0 Å². The van der Waals surface area contributed by atoms with E-state index in [1.807, 2.05) is 18.1 Å². The quantitative estimate of drug-likeness (QED) is 0.799. The molecule has 5 heteroatoms. The average molecular weight is 312 g/mol. The minimum absolute atomic E-state index is 0.257. The van der Waals surface area contributed by atoms with Crippen LogP contribution in [0.2, 0.25) is 0 Å². The molecule has 1 aliphatic heterocycles. The highest BCUT2D eigenvalue weighted by Crippen LogP contribution is 2.46. The molecule has 2 aliphatic rings. The number of carbonyl (C=O) groups excluding carboxylic acids is 1. The Morgan fingerprint density at radius 1 is 1.44 bits per heavy atom. The molecule has 1 amide bonds. The van der Waals surface area contributed by atoms with Gasteiger partial charge in [-0.2, -0.15) is 5.10 Å². The number of likely N-dealkylation sites (tertiary alicyclic amines) is 1. The second kappa shape index (κ2) is 4.37. The Labute approximate surface area is 115 Å². The first kappa shape index (κ1) is 12.2. The molecule has 3 rings (SSSR count). The number of nitrogens with zero attached hydrogens (tertiary/aromatic N) is 3. The first-order valence-corrected chi connectivity index (χ1v) is 7.31. The molecule has 1 saturated carbocycles. The topological polar surface area (TPSA) is 38.1 Å². The normalized spacial score (nSPS) is 32.4. The lowest BCUT2D eigenvalue weighted by Gasteiger charge is -2.36. The number of hydrogen-bond donors (Lipinski definition) is 0. The van der Waals surface area contributed by atoms with Crippen molar-refractivity contribution >= 4 is 21.8 Å². The van der Waals surface area contributed by atoms with Crippen LogP contribution < -0.4 is 0 Å². The fourth-order valence-corrected chi connectivity index (χ4v) is 3.73. The summed E-state index contributed by atoms with van der Waals surface area (Å²) in [6, 6.07) is 0.503. The van der Waals surface area contributed by atoms with Crippen molar-refractivity contribution in [2.45, 2.75) is 38.1 Å². The Morgan fingerprint density at radius 2 is 2.17 bits per heavy atom. The third-order valence-corrected chi connectivity index (χ3v) is 4.89. The molecule has 0 radical (unpaired) electrons. The van der Waals surface area contributed by atoms with Gasteiger partial charge in [-0.25, -0.2) is 0 Å². The van der Waals surface area contributed by atoms with Gasteiger partial charge >= 0.3 is 0 Å². The standard InChI is InChI=1S/C13H18BrN3O/c1-16-9-13(6-12(16)18)4-2-11(3-5-13)17-8-10(14)7-15-17/h7-8,11H,2-6,9H2,1H3. The van der Waals surface area contributed by atoms with Gasteiger partial charge in [0.1, 0.15) is 0 Å². The summed E-state index contributed by atoms with van der Waals surface area (Å²) < 4.78 is 3.11.